The maximum absolute atomic E-state index is 13.4. The number of hydrogen-bond donors (Lipinski definition) is 2. The first-order chi connectivity index (χ1) is 14.9. The lowest BCUT2D eigenvalue weighted by Gasteiger charge is -2.28. The van der Waals surface area contributed by atoms with Crippen molar-refractivity contribution >= 4 is 28.6 Å². The van der Waals surface area contributed by atoms with E-state index in [1.807, 2.05) is 53.7 Å². The number of carbonyl (C=O) groups is 1. The van der Waals surface area contributed by atoms with Crippen LogP contribution in [0.5, 0.6) is 17.2 Å². The standard InChI is InChI=1S/C26H32N2O4.BrH/c1-25(2,3)18-9-15(10-19(23(18)30)26(4,5)6)20(29)14-28-13-16-11-21-22(32-8-7-31-21)12-17(16)24(28)27;/h9-12,27,30H,7-8,13-14H2,1-6H3;1H. The molecule has 0 saturated heterocycles. The van der Waals surface area contributed by atoms with Crippen LogP contribution in [0.1, 0.15) is 74.2 Å². The van der Waals surface area contributed by atoms with Crippen molar-refractivity contribution in [2.24, 2.45) is 0 Å². The van der Waals surface area contributed by atoms with E-state index in [9.17, 15) is 9.90 Å². The lowest BCUT2D eigenvalue weighted by molar-refractivity contribution is 0.0962. The van der Waals surface area contributed by atoms with Crippen molar-refractivity contribution in [3.05, 3.63) is 52.1 Å². The van der Waals surface area contributed by atoms with E-state index in [4.69, 9.17) is 14.9 Å². The van der Waals surface area contributed by atoms with Crippen LogP contribution in [0.25, 0.3) is 0 Å². The van der Waals surface area contributed by atoms with Crippen molar-refractivity contribution < 1.29 is 19.4 Å². The van der Waals surface area contributed by atoms with Crippen LogP contribution in [-0.2, 0) is 17.4 Å². The zero-order valence-electron chi connectivity index (χ0n) is 20.2. The topological polar surface area (TPSA) is 82.9 Å². The van der Waals surface area contributed by atoms with Gasteiger partial charge in [-0.15, -0.1) is 17.0 Å². The second-order valence-corrected chi connectivity index (χ2v) is 10.7. The summed E-state index contributed by atoms with van der Waals surface area (Å²) in [6.07, 6.45) is 0. The third-order valence-electron chi connectivity index (χ3n) is 6.08. The molecule has 0 radical (unpaired) electrons. The summed E-state index contributed by atoms with van der Waals surface area (Å²) in [5.74, 6) is 1.84. The van der Waals surface area contributed by atoms with Gasteiger partial charge in [0, 0.05) is 28.8 Å². The molecule has 178 valence electrons. The molecule has 2 aliphatic heterocycles. The van der Waals surface area contributed by atoms with E-state index in [1.54, 1.807) is 17.0 Å². The number of rotatable bonds is 3. The molecule has 2 aliphatic rings. The number of phenols is 1. The third-order valence-corrected chi connectivity index (χ3v) is 6.08. The molecule has 2 aromatic rings. The Morgan fingerprint density at radius 3 is 2.00 bits per heavy atom. The maximum atomic E-state index is 13.4. The first-order valence-electron chi connectivity index (χ1n) is 11.0. The Morgan fingerprint density at radius 2 is 1.48 bits per heavy atom. The number of aromatic hydroxyl groups is 1. The molecule has 4 rings (SSSR count). The molecule has 0 bridgehead atoms. The highest BCUT2D eigenvalue weighted by atomic mass is 79.9. The average molecular weight is 517 g/mol. The van der Waals surface area contributed by atoms with Crippen molar-refractivity contribution in [3.8, 4) is 17.2 Å². The molecule has 33 heavy (non-hydrogen) atoms. The molecule has 2 N–H and O–H groups in total. The van der Waals surface area contributed by atoms with Crippen LogP contribution >= 0.6 is 17.0 Å². The fourth-order valence-corrected chi connectivity index (χ4v) is 4.28. The SMILES string of the molecule is Br.CC(C)(C)c1cc(C(=O)CN2Cc3cc4c(cc3C2=N)OCCO4)cc(C(C)(C)C)c1O. The highest BCUT2D eigenvalue weighted by Gasteiger charge is 2.31. The summed E-state index contributed by atoms with van der Waals surface area (Å²) in [7, 11) is 0. The monoisotopic (exact) mass is 516 g/mol. The zero-order chi connectivity index (χ0) is 23.4. The number of ether oxygens (including phenoxy) is 2. The van der Waals surface area contributed by atoms with Gasteiger partial charge in [0.1, 0.15) is 24.8 Å². The van der Waals surface area contributed by atoms with Gasteiger partial charge < -0.3 is 19.5 Å². The molecule has 0 fully saturated rings. The van der Waals surface area contributed by atoms with E-state index in [0.717, 1.165) is 22.3 Å². The predicted octanol–water partition coefficient (Wildman–Crippen LogP) is 5.36. The number of amidine groups is 1. The summed E-state index contributed by atoms with van der Waals surface area (Å²) in [5.41, 5.74) is 3.20. The average Bonchev–Trinajstić information content (AvgIpc) is 2.99. The van der Waals surface area contributed by atoms with Gasteiger partial charge in [-0.05, 0) is 40.7 Å². The van der Waals surface area contributed by atoms with Crippen molar-refractivity contribution in [2.45, 2.75) is 58.9 Å². The van der Waals surface area contributed by atoms with Gasteiger partial charge in [0.2, 0.25) is 0 Å². The number of phenolic OH excluding ortho intramolecular Hbond substituents is 1. The van der Waals surface area contributed by atoms with E-state index in [0.29, 0.717) is 42.7 Å². The number of hydrogen-bond acceptors (Lipinski definition) is 5. The lowest BCUT2D eigenvalue weighted by Crippen LogP contribution is -2.30. The number of carbonyl (C=O) groups excluding carboxylic acids is 1. The summed E-state index contributed by atoms with van der Waals surface area (Å²) in [6.45, 7) is 13.8. The van der Waals surface area contributed by atoms with E-state index in [1.165, 1.54) is 0 Å². The van der Waals surface area contributed by atoms with Crippen molar-refractivity contribution in [2.75, 3.05) is 19.8 Å². The molecule has 0 spiro atoms. The van der Waals surface area contributed by atoms with Gasteiger partial charge in [0.15, 0.2) is 17.3 Å². The Hall–Kier alpha value is -2.54. The number of nitrogens with zero attached hydrogens (tertiary/aromatic N) is 1. The fourth-order valence-electron chi connectivity index (χ4n) is 4.28. The molecule has 6 nitrogen and oxygen atoms in total. The van der Waals surface area contributed by atoms with Gasteiger partial charge in [-0.25, -0.2) is 0 Å². The number of benzene rings is 2. The first kappa shape index (κ1) is 25.1. The Kier molecular flexibility index (Phi) is 6.59. The third kappa shape index (κ3) is 4.74. The lowest BCUT2D eigenvalue weighted by atomic mass is 9.78. The van der Waals surface area contributed by atoms with Gasteiger partial charge in [0.05, 0.1) is 6.54 Å². The zero-order valence-corrected chi connectivity index (χ0v) is 21.9. The van der Waals surface area contributed by atoms with Crippen molar-refractivity contribution in [3.63, 3.8) is 0 Å². The van der Waals surface area contributed by atoms with Crippen LogP contribution in [0.15, 0.2) is 24.3 Å². The maximum Gasteiger partial charge on any atom is 0.182 e. The molecule has 2 aromatic carbocycles. The van der Waals surface area contributed by atoms with Crippen LogP contribution in [0.3, 0.4) is 0 Å². The van der Waals surface area contributed by atoms with Gasteiger partial charge in [-0.1, -0.05) is 41.5 Å². The van der Waals surface area contributed by atoms with Crippen LogP contribution in [0.4, 0.5) is 0 Å². The van der Waals surface area contributed by atoms with Crippen LogP contribution in [0.2, 0.25) is 0 Å². The minimum Gasteiger partial charge on any atom is -0.507 e. The van der Waals surface area contributed by atoms with E-state index >= 15 is 0 Å². The van der Waals surface area contributed by atoms with E-state index in [-0.39, 0.29) is 45.9 Å². The largest absolute Gasteiger partial charge is 0.507 e. The minimum atomic E-state index is -0.309. The fraction of sp³-hybridized carbons (Fsp3) is 0.462. The number of fused-ring (bicyclic) bond motifs is 2. The predicted molar refractivity (Wildman–Crippen MR) is 135 cm³/mol. The summed E-state index contributed by atoms with van der Waals surface area (Å²) < 4.78 is 11.3. The molecule has 2 heterocycles. The van der Waals surface area contributed by atoms with Crippen molar-refractivity contribution in [1.82, 2.24) is 4.90 Å². The quantitative estimate of drug-likeness (QED) is 0.536. The normalized spacial score (nSPS) is 15.2. The van der Waals surface area contributed by atoms with E-state index < -0.39 is 0 Å². The Morgan fingerprint density at radius 1 is 0.970 bits per heavy atom. The van der Waals surface area contributed by atoms with Gasteiger partial charge in [0.25, 0.3) is 0 Å². The Balaban J connectivity index is 0.00000306. The van der Waals surface area contributed by atoms with Crippen molar-refractivity contribution in [1.29, 1.82) is 5.41 Å². The summed E-state index contributed by atoms with van der Waals surface area (Å²) in [5, 5.41) is 19.6. The molecular formula is C26H33BrN2O4. The number of ketones is 1. The second kappa shape index (κ2) is 8.67. The Labute approximate surface area is 206 Å². The van der Waals surface area contributed by atoms with Crippen LogP contribution < -0.4 is 9.47 Å². The van der Waals surface area contributed by atoms with Gasteiger partial charge in [-0.3, -0.25) is 10.2 Å². The van der Waals surface area contributed by atoms with Gasteiger partial charge >= 0.3 is 0 Å². The summed E-state index contributed by atoms with van der Waals surface area (Å²) in [6, 6.07) is 7.37. The molecule has 0 atom stereocenters. The number of Topliss-reactive ketones (excluding diaryl/α,β-unsaturated/α-hetero) is 1. The molecule has 0 amide bonds. The molecule has 0 aliphatic carbocycles. The first-order valence-corrected chi connectivity index (χ1v) is 11.0. The number of nitrogens with one attached hydrogen (secondary N) is 1. The van der Waals surface area contributed by atoms with Gasteiger partial charge in [-0.2, -0.15) is 0 Å². The summed E-state index contributed by atoms with van der Waals surface area (Å²) >= 11 is 0. The molecule has 0 unspecified atom stereocenters. The summed E-state index contributed by atoms with van der Waals surface area (Å²) in [4.78, 5) is 15.1. The highest BCUT2D eigenvalue weighted by molar-refractivity contribution is 8.93. The Bertz CT molecular complexity index is 1080. The van der Waals surface area contributed by atoms with Crippen LogP contribution in [0, 0.1) is 5.41 Å². The smallest absolute Gasteiger partial charge is 0.182 e. The minimum absolute atomic E-state index is 0. The number of halogens is 1. The second-order valence-electron chi connectivity index (χ2n) is 10.7. The molecular weight excluding hydrogens is 484 g/mol. The van der Waals surface area contributed by atoms with Crippen LogP contribution in [-0.4, -0.2) is 41.4 Å². The molecule has 0 saturated carbocycles. The molecule has 7 heteroatoms. The highest BCUT2D eigenvalue weighted by Crippen LogP contribution is 2.40. The molecule has 0 aromatic heterocycles. The van der Waals surface area contributed by atoms with E-state index in [2.05, 4.69) is 0 Å².